The summed E-state index contributed by atoms with van der Waals surface area (Å²) < 4.78 is 5.44. The monoisotopic (exact) mass is 388 g/mol. The summed E-state index contributed by atoms with van der Waals surface area (Å²) in [6.45, 7) is 8.25. The predicted molar refractivity (Wildman–Crippen MR) is 120 cm³/mol. The number of hydrogen-bond donors (Lipinski definition) is 1. The van der Waals surface area contributed by atoms with Crippen molar-refractivity contribution in [2.24, 2.45) is 22.6 Å². The first kappa shape index (κ1) is 22.2. The van der Waals surface area contributed by atoms with Crippen LogP contribution in [0.25, 0.3) is 0 Å². The van der Waals surface area contributed by atoms with E-state index in [-0.39, 0.29) is 6.10 Å². The molecule has 4 heteroatoms. The number of nitrogens with two attached hydrogens (primary N) is 1. The van der Waals surface area contributed by atoms with Crippen molar-refractivity contribution < 1.29 is 4.74 Å². The average molecular weight is 389 g/mol. The lowest BCUT2D eigenvalue weighted by Crippen LogP contribution is -2.35. The fraction of sp³-hybridized carbons (Fsp3) is 0.609. The van der Waals surface area contributed by atoms with Gasteiger partial charge in [-0.05, 0) is 57.4 Å². The van der Waals surface area contributed by atoms with Crippen molar-refractivity contribution in [3.8, 4) is 0 Å². The van der Waals surface area contributed by atoms with E-state index in [0.29, 0.717) is 5.92 Å². The van der Waals surface area contributed by atoms with E-state index in [4.69, 9.17) is 15.5 Å². The molecule has 1 heterocycles. The van der Waals surface area contributed by atoms with Gasteiger partial charge in [0.15, 0.2) is 0 Å². The van der Waals surface area contributed by atoms with Gasteiger partial charge in [-0.1, -0.05) is 42.9 Å². The molecule has 0 aromatic heterocycles. The quantitative estimate of drug-likeness (QED) is 0.267. The minimum Gasteiger partial charge on any atom is -0.381 e. The summed E-state index contributed by atoms with van der Waals surface area (Å²) in [4.78, 5) is 4.77. The normalized spacial score (nSPS) is 29.5. The molecule has 1 unspecified atom stereocenters. The molecule has 0 amide bonds. The average Bonchev–Trinajstić information content (AvgIpc) is 3.25. The third-order valence-corrected chi connectivity index (χ3v) is 6.54. The molecule has 1 fully saturated rings. The highest BCUT2D eigenvalue weighted by molar-refractivity contribution is 8.14. The number of unbranched alkanes of at least 4 members (excludes halogenated alkanes) is 1. The molecule has 0 spiro atoms. The van der Waals surface area contributed by atoms with E-state index < -0.39 is 5.66 Å². The van der Waals surface area contributed by atoms with Crippen molar-refractivity contribution >= 4 is 16.8 Å². The first-order valence-electron chi connectivity index (χ1n) is 10.1. The number of aliphatic imine (C=N–C) groups is 1. The smallest absolute Gasteiger partial charge is 0.137 e. The summed E-state index contributed by atoms with van der Waals surface area (Å²) in [5, 5.41) is 1.28. The molecule has 1 aliphatic carbocycles. The van der Waals surface area contributed by atoms with Crippen LogP contribution in [0.3, 0.4) is 0 Å². The highest BCUT2D eigenvalue weighted by atomic mass is 32.2. The molecule has 0 radical (unpaired) electrons. The van der Waals surface area contributed by atoms with Crippen LogP contribution in [0, 0.1) is 11.8 Å². The number of hydrogen-bond acceptors (Lipinski definition) is 4. The molecule has 1 aliphatic heterocycles. The zero-order valence-corrected chi connectivity index (χ0v) is 18.0. The SMILES string of the molecule is C=CC[C@@H](CCC(C)=CC=CCCC=C[C@]1(N)CSC(C2C[C@@H]2C)=N1)OC. The van der Waals surface area contributed by atoms with Crippen LogP contribution in [0.2, 0.25) is 0 Å². The van der Waals surface area contributed by atoms with Crippen LogP contribution < -0.4 is 5.73 Å². The van der Waals surface area contributed by atoms with Crippen molar-refractivity contribution in [3.63, 3.8) is 0 Å². The third kappa shape index (κ3) is 7.81. The molecule has 1 saturated carbocycles. The lowest BCUT2D eigenvalue weighted by Gasteiger charge is -2.13. The van der Waals surface area contributed by atoms with Crippen LogP contribution in [0.5, 0.6) is 0 Å². The molecule has 0 bridgehead atoms. The minimum absolute atomic E-state index is 0.281. The first-order chi connectivity index (χ1) is 13.0. The Morgan fingerprint density at radius 3 is 2.85 bits per heavy atom. The van der Waals surface area contributed by atoms with Crippen LogP contribution in [0.4, 0.5) is 0 Å². The summed E-state index contributed by atoms with van der Waals surface area (Å²) in [5.41, 5.74) is 7.29. The van der Waals surface area contributed by atoms with Gasteiger partial charge in [0, 0.05) is 18.8 Å². The van der Waals surface area contributed by atoms with Gasteiger partial charge in [-0.25, -0.2) is 0 Å². The van der Waals surface area contributed by atoms with Gasteiger partial charge < -0.3 is 10.5 Å². The zero-order chi connectivity index (χ0) is 19.7. The Morgan fingerprint density at radius 2 is 2.19 bits per heavy atom. The maximum Gasteiger partial charge on any atom is 0.137 e. The molecule has 27 heavy (non-hydrogen) atoms. The summed E-state index contributed by atoms with van der Waals surface area (Å²) in [6, 6.07) is 0. The van der Waals surface area contributed by atoms with Crippen molar-refractivity contribution in [2.75, 3.05) is 12.9 Å². The second-order valence-electron chi connectivity index (χ2n) is 7.89. The maximum absolute atomic E-state index is 6.39. The van der Waals surface area contributed by atoms with Crippen LogP contribution >= 0.6 is 11.8 Å². The molecular weight excluding hydrogens is 352 g/mol. The Kier molecular flexibility index (Phi) is 9.07. The fourth-order valence-corrected chi connectivity index (χ4v) is 4.52. The van der Waals surface area contributed by atoms with Crippen LogP contribution in [-0.2, 0) is 4.74 Å². The van der Waals surface area contributed by atoms with E-state index in [0.717, 1.165) is 43.8 Å². The lowest BCUT2D eigenvalue weighted by atomic mass is 10.1. The van der Waals surface area contributed by atoms with Gasteiger partial charge in [-0.2, -0.15) is 0 Å². The summed E-state index contributed by atoms with van der Waals surface area (Å²) in [5.74, 6) is 2.36. The number of allylic oxidation sites excluding steroid dienone is 5. The predicted octanol–water partition coefficient (Wildman–Crippen LogP) is 5.65. The van der Waals surface area contributed by atoms with Gasteiger partial charge >= 0.3 is 0 Å². The highest BCUT2D eigenvalue weighted by Gasteiger charge is 2.42. The van der Waals surface area contributed by atoms with Gasteiger partial charge in [0.1, 0.15) is 5.66 Å². The second kappa shape index (κ2) is 11.0. The van der Waals surface area contributed by atoms with Gasteiger partial charge in [-0.3, -0.25) is 4.99 Å². The standard InChI is InChI=1S/C23H36N2OS/c1-5-11-20(26-4)14-13-18(2)12-9-7-6-8-10-15-23(24)17-27-22(25-23)21-16-19(21)3/h5,7,9-10,12,15,19-21H,1,6,8,11,13-14,16-17,24H2,2-4H3/t19-,20-,21?,23+/m0/s1. The Hall–Kier alpha value is -1.10. The van der Waals surface area contributed by atoms with Crippen LogP contribution in [0.1, 0.15) is 52.4 Å². The molecule has 2 N–H and O–H groups in total. The Morgan fingerprint density at radius 1 is 1.44 bits per heavy atom. The third-order valence-electron chi connectivity index (χ3n) is 5.24. The van der Waals surface area contributed by atoms with Crippen molar-refractivity contribution in [1.29, 1.82) is 0 Å². The van der Waals surface area contributed by atoms with Crippen molar-refractivity contribution in [2.45, 2.75) is 64.1 Å². The lowest BCUT2D eigenvalue weighted by molar-refractivity contribution is 0.0981. The van der Waals surface area contributed by atoms with E-state index in [9.17, 15) is 0 Å². The van der Waals surface area contributed by atoms with Gasteiger partial charge in [0.2, 0.25) is 0 Å². The molecule has 2 rings (SSSR count). The van der Waals surface area contributed by atoms with E-state index in [1.54, 1.807) is 7.11 Å². The zero-order valence-electron chi connectivity index (χ0n) is 17.2. The van der Waals surface area contributed by atoms with Crippen LogP contribution in [0.15, 0.2) is 53.6 Å². The van der Waals surface area contributed by atoms with Crippen molar-refractivity contribution in [1.82, 2.24) is 0 Å². The Bertz CT molecular complexity index is 607. The van der Waals surface area contributed by atoms with Crippen molar-refractivity contribution in [3.05, 3.63) is 48.6 Å². The molecule has 150 valence electrons. The van der Waals surface area contributed by atoms with E-state index in [2.05, 4.69) is 50.8 Å². The topological polar surface area (TPSA) is 47.6 Å². The van der Waals surface area contributed by atoms with Gasteiger partial charge in [-0.15, -0.1) is 18.3 Å². The van der Waals surface area contributed by atoms with Gasteiger partial charge in [0.25, 0.3) is 0 Å². The molecule has 3 nitrogen and oxygen atoms in total. The number of ether oxygens (including phenoxy) is 1. The molecule has 4 atom stereocenters. The summed E-state index contributed by atoms with van der Waals surface area (Å²) in [7, 11) is 1.77. The molecular formula is C23H36N2OS. The van der Waals surface area contributed by atoms with Gasteiger partial charge in [0.05, 0.1) is 11.1 Å². The van der Waals surface area contributed by atoms with E-state index in [1.165, 1.54) is 17.0 Å². The molecule has 0 aromatic carbocycles. The maximum atomic E-state index is 6.39. The Labute approximate surface area is 169 Å². The Balaban J connectivity index is 1.65. The van der Waals surface area contributed by atoms with E-state index in [1.807, 2.05) is 17.8 Å². The first-order valence-corrected chi connectivity index (χ1v) is 11.1. The molecule has 0 saturated heterocycles. The number of methoxy groups -OCH3 is 1. The second-order valence-corrected chi connectivity index (χ2v) is 8.89. The fourth-order valence-electron chi connectivity index (χ4n) is 3.20. The van der Waals surface area contributed by atoms with Crippen LogP contribution in [-0.4, -0.2) is 29.7 Å². The number of rotatable bonds is 12. The van der Waals surface area contributed by atoms with E-state index >= 15 is 0 Å². The number of nitrogens with zero attached hydrogens (tertiary/aromatic N) is 1. The molecule has 2 aliphatic rings. The molecule has 0 aromatic rings. The highest BCUT2D eigenvalue weighted by Crippen LogP contribution is 2.45. The largest absolute Gasteiger partial charge is 0.381 e. The number of thioether (sulfide) groups is 1. The summed E-state index contributed by atoms with van der Waals surface area (Å²) in [6.07, 6.45) is 19.4. The summed E-state index contributed by atoms with van der Waals surface area (Å²) >= 11 is 1.85. The minimum atomic E-state index is -0.480.